The number of nitrogens with zero attached hydrogens (tertiary/aromatic N) is 2. The zero-order chi connectivity index (χ0) is 13.0. The van der Waals surface area contributed by atoms with Crippen LogP contribution in [0.3, 0.4) is 0 Å². The predicted molar refractivity (Wildman–Crippen MR) is 70.9 cm³/mol. The number of nitriles is 1. The Balaban J connectivity index is 2.96. The molecule has 0 N–H and O–H groups in total. The number of halogens is 2. The first-order valence-electron chi connectivity index (χ1n) is 5.06. The molecule has 0 heterocycles. The first-order valence-corrected chi connectivity index (χ1v) is 6.23. The molecule has 0 aliphatic rings. The second-order valence-electron chi connectivity index (χ2n) is 3.75. The van der Waals surface area contributed by atoms with Crippen LogP contribution in [0.25, 0.3) is 0 Å². The Labute approximate surface area is 114 Å². The molecule has 1 unspecified atom stereocenters. The van der Waals surface area contributed by atoms with Gasteiger partial charge in [0.2, 0.25) is 0 Å². The summed E-state index contributed by atoms with van der Waals surface area (Å²) in [5, 5.41) is 9.13. The number of hydrogen-bond donors (Lipinski definition) is 0. The second kappa shape index (κ2) is 6.04. The summed E-state index contributed by atoms with van der Waals surface area (Å²) in [7, 11) is 1.68. The van der Waals surface area contributed by atoms with E-state index in [1.54, 1.807) is 30.1 Å². The molecule has 0 saturated carbocycles. The minimum atomic E-state index is -0.151. The van der Waals surface area contributed by atoms with Crippen LogP contribution in [-0.2, 0) is 0 Å². The topological polar surface area (TPSA) is 44.1 Å². The van der Waals surface area contributed by atoms with Crippen molar-refractivity contribution in [3.8, 4) is 6.07 Å². The highest BCUT2D eigenvalue weighted by molar-refractivity contribution is 9.10. The summed E-state index contributed by atoms with van der Waals surface area (Å²) >= 11 is 9.18. The third-order valence-corrected chi connectivity index (χ3v) is 3.45. The summed E-state index contributed by atoms with van der Waals surface area (Å²) in [6.07, 6.45) is 0.306. The van der Waals surface area contributed by atoms with Gasteiger partial charge in [0.05, 0.1) is 18.1 Å². The van der Waals surface area contributed by atoms with Gasteiger partial charge < -0.3 is 4.90 Å². The number of amides is 1. The van der Waals surface area contributed by atoms with Gasteiger partial charge in [0, 0.05) is 22.6 Å². The van der Waals surface area contributed by atoms with Crippen LogP contribution >= 0.6 is 27.5 Å². The molecule has 17 heavy (non-hydrogen) atoms. The molecule has 1 aromatic rings. The van der Waals surface area contributed by atoms with Gasteiger partial charge in [0.15, 0.2) is 0 Å². The SMILES string of the molecule is CC(CC#N)N(C)C(=O)c1cc(Cl)ccc1Br. The van der Waals surface area contributed by atoms with Crippen molar-refractivity contribution in [2.24, 2.45) is 0 Å². The molecule has 1 rings (SSSR count). The zero-order valence-electron chi connectivity index (χ0n) is 9.58. The third-order valence-electron chi connectivity index (χ3n) is 2.53. The molecule has 0 aliphatic heterocycles. The van der Waals surface area contributed by atoms with Crippen molar-refractivity contribution in [1.29, 1.82) is 5.26 Å². The normalized spacial score (nSPS) is 11.7. The minimum Gasteiger partial charge on any atom is -0.338 e. The molecule has 0 spiro atoms. The summed E-state index contributed by atoms with van der Waals surface area (Å²) in [6.45, 7) is 1.83. The van der Waals surface area contributed by atoms with Crippen molar-refractivity contribution in [2.75, 3.05) is 7.05 Å². The molecule has 3 nitrogen and oxygen atoms in total. The van der Waals surface area contributed by atoms with Gasteiger partial charge in [-0.05, 0) is 41.1 Å². The molecule has 1 amide bonds. The van der Waals surface area contributed by atoms with E-state index in [2.05, 4.69) is 15.9 Å². The van der Waals surface area contributed by atoms with Gasteiger partial charge in [-0.25, -0.2) is 0 Å². The van der Waals surface area contributed by atoms with Gasteiger partial charge in [-0.15, -0.1) is 0 Å². The van der Waals surface area contributed by atoms with Crippen LogP contribution in [0.1, 0.15) is 23.7 Å². The van der Waals surface area contributed by atoms with Crippen LogP contribution in [0.2, 0.25) is 5.02 Å². The van der Waals surface area contributed by atoms with E-state index in [-0.39, 0.29) is 11.9 Å². The van der Waals surface area contributed by atoms with E-state index in [9.17, 15) is 4.79 Å². The van der Waals surface area contributed by atoms with Gasteiger partial charge in [0.1, 0.15) is 0 Å². The molecule has 0 bridgehead atoms. The lowest BCUT2D eigenvalue weighted by atomic mass is 10.1. The summed E-state index contributed by atoms with van der Waals surface area (Å²) in [4.78, 5) is 13.7. The Hall–Kier alpha value is -1.05. The van der Waals surface area contributed by atoms with E-state index in [1.165, 1.54) is 0 Å². The Kier molecular flexibility index (Phi) is 4.98. The number of carbonyl (C=O) groups excluding carboxylic acids is 1. The standard InChI is InChI=1S/C12H12BrClN2O/c1-8(5-6-15)16(2)12(17)10-7-9(14)3-4-11(10)13/h3-4,7-8H,5H2,1-2H3. The van der Waals surface area contributed by atoms with Crippen LogP contribution in [-0.4, -0.2) is 23.9 Å². The number of carbonyl (C=O) groups is 1. The van der Waals surface area contributed by atoms with Gasteiger partial charge in [0.25, 0.3) is 5.91 Å². The van der Waals surface area contributed by atoms with E-state index >= 15 is 0 Å². The fourth-order valence-corrected chi connectivity index (χ4v) is 1.91. The quantitative estimate of drug-likeness (QED) is 0.857. The third kappa shape index (κ3) is 3.45. The molecule has 0 saturated heterocycles. The van der Waals surface area contributed by atoms with Crippen LogP contribution in [0.5, 0.6) is 0 Å². The molecule has 0 aromatic heterocycles. The van der Waals surface area contributed by atoms with E-state index in [0.717, 1.165) is 0 Å². The maximum atomic E-state index is 12.2. The van der Waals surface area contributed by atoms with Crippen molar-refractivity contribution < 1.29 is 4.79 Å². The molecule has 90 valence electrons. The highest BCUT2D eigenvalue weighted by atomic mass is 79.9. The number of hydrogen-bond acceptors (Lipinski definition) is 2. The van der Waals surface area contributed by atoms with Crippen molar-refractivity contribution in [1.82, 2.24) is 4.90 Å². The highest BCUT2D eigenvalue weighted by Crippen LogP contribution is 2.23. The largest absolute Gasteiger partial charge is 0.338 e. The lowest BCUT2D eigenvalue weighted by molar-refractivity contribution is 0.0745. The van der Waals surface area contributed by atoms with Crippen molar-refractivity contribution in [2.45, 2.75) is 19.4 Å². The Morgan fingerprint density at radius 1 is 1.65 bits per heavy atom. The van der Waals surface area contributed by atoms with Gasteiger partial charge in [-0.2, -0.15) is 5.26 Å². The van der Waals surface area contributed by atoms with Gasteiger partial charge in [-0.3, -0.25) is 4.79 Å². The molecule has 1 atom stereocenters. The summed E-state index contributed by atoms with van der Waals surface area (Å²) < 4.78 is 0.697. The Bertz CT molecular complexity index is 470. The Morgan fingerprint density at radius 2 is 2.29 bits per heavy atom. The van der Waals surface area contributed by atoms with Crippen molar-refractivity contribution >= 4 is 33.4 Å². The van der Waals surface area contributed by atoms with E-state index in [0.29, 0.717) is 21.5 Å². The summed E-state index contributed by atoms with van der Waals surface area (Å²) in [5.41, 5.74) is 0.504. The van der Waals surface area contributed by atoms with Crippen LogP contribution in [0.15, 0.2) is 22.7 Å². The molecule has 0 radical (unpaired) electrons. The second-order valence-corrected chi connectivity index (χ2v) is 5.04. The first kappa shape index (κ1) is 14.0. The highest BCUT2D eigenvalue weighted by Gasteiger charge is 2.19. The fraction of sp³-hybridized carbons (Fsp3) is 0.333. The average molecular weight is 316 g/mol. The van der Waals surface area contributed by atoms with Crippen LogP contribution in [0.4, 0.5) is 0 Å². The van der Waals surface area contributed by atoms with Gasteiger partial charge in [-0.1, -0.05) is 11.6 Å². The lowest BCUT2D eigenvalue weighted by Gasteiger charge is -2.23. The van der Waals surface area contributed by atoms with E-state index in [1.807, 2.05) is 13.0 Å². The maximum absolute atomic E-state index is 12.2. The van der Waals surface area contributed by atoms with Crippen LogP contribution < -0.4 is 0 Å². The smallest absolute Gasteiger partial charge is 0.255 e. The Morgan fingerprint density at radius 3 is 2.88 bits per heavy atom. The molecular weight excluding hydrogens is 304 g/mol. The molecule has 0 fully saturated rings. The maximum Gasteiger partial charge on any atom is 0.255 e. The molecule has 0 aliphatic carbocycles. The average Bonchev–Trinajstić information content (AvgIpc) is 2.30. The summed E-state index contributed by atoms with van der Waals surface area (Å²) in [5.74, 6) is -0.151. The van der Waals surface area contributed by atoms with Gasteiger partial charge >= 0.3 is 0 Å². The first-order chi connectivity index (χ1) is 7.97. The number of benzene rings is 1. The number of rotatable bonds is 3. The monoisotopic (exact) mass is 314 g/mol. The zero-order valence-corrected chi connectivity index (χ0v) is 11.9. The van der Waals surface area contributed by atoms with E-state index < -0.39 is 0 Å². The molecule has 5 heteroatoms. The minimum absolute atomic E-state index is 0.126. The summed E-state index contributed by atoms with van der Waals surface area (Å²) in [6, 6.07) is 6.98. The molecular formula is C12H12BrClN2O. The molecule has 1 aromatic carbocycles. The predicted octanol–water partition coefficient (Wildman–Crippen LogP) is 3.48. The fourth-order valence-electron chi connectivity index (χ4n) is 1.32. The lowest BCUT2D eigenvalue weighted by Crippen LogP contribution is -2.35. The van der Waals surface area contributed by atoms with Crippen molar-refractivity contribution in [3.05, 3.63) is 33.3 Å². The van der Waals surface area contributed by atoms with Crippen molar-refractivity contribution in [3.63, 3.8) is 0 Å². The van der Waals surface area contributed by atoms with E-state index in [4.69, 9.17) is 16.9 Å². The van der Waals surface area contributed by atoms with Crippen LogP contribution in [0, 0.1) is 11.3 Å².